The molecule has 0 saturated carbocycles. The van der Waals surface area contributed by atoms with Crippen molar-refractivity contribution in [2.24, 2.45) is 0 Å². The average Bonchev–Trinajstić information content (AvgIpc) is 2.84. The van der Waals surface area contributed by atoms with Gasteiger partial charge in [-0.2, -0.15) is 0 Å². The van der Waals surface area contributed by atoms with E-state index < -0.39 is 6.04 Å². The fraction of sp³-hybridized carbons (Fsp3) is 0.310. The molecule has 0 bridgehead atoms. The minimum atomic E-state index is -0.686. The Hall–Kier alpha value is -2.47. The molecule has 0 aromatic heterocycles. The molecule has 0 aliphatic carbocycles. The zero-order valence-corrected chi connectivity index (χ0v) is 23.2. The van der Waals surface area contributed by atoms with Gasteiger partial charge >= 0.3 is 0 Å². The Labute approximate surface area is 228 Å². The maximum atomic E-state index is 13.6. The molecule has 4 nitrogen and oxygen atoms in total. The van der Waals surface area contributed by atoms with Gasteiger partial charge in [-0.15, -0.1) is 11.8 Å². The molecule has 3 aromatic carbocycles. The summed E-state index contributed by atoms with van der Waals surface area (Å²) in [5.41, 5.74) is 4.08. The molecule has 7 heteroatoms. The molecule has 190 valence electrons. The fourth-order valence-corrected chi connectivity index (χ4v) is 5.13. The van der Waals surface area contributed by atoms with Crippen molar-refractivity contribution < 1.29 is 9.59 Å². The van der Waals surface area contributed by atoms with Gasteiger partial charge in [-0.1, -0.05) is 89.4 Å². The first-order chi connectivity index (χ1) is 17.2. The van der Waals surface area contributed by atoms with Crippen LogP contribution in [0, 0.1) is 6.92 Å². The van der Waals surface area contributed by atoms with E-state index in [1.54, 1.807) is 17.0 Å². The molecule has 2 amide bonds. The molecule has 0 aliphatic heterocycles. The third-order valence-electron chi connectivity index (χ3n) is 5.67. The highest BCUT2D eigenvalue weighted by Crippen LogP contribution is 2.25. The number of carbonyl (C=O) groups is 2. The van der Waals surface area contributed by atoms with Crippen LogP contribution in [0.2, 0.25) is 10.0 Å². The third kappa shape index (κ3) is 8.58. The normalized spacial score (nSPS) is 11.8. The highest BCUT2D eigenvalue weighted by molar-refractivity contribution is 7.99. The maximum Gasteiger partial charge on any atom is 0.243 e. The predicted octanol–water partition coefficient (Wildman–Crippen LogP) is 6.70. The second kappa shape index (κ2) is 13.7. The van der Waals surface area contributed by atoms with Crippen molar-refractivity contribution in [1.82, 2.24) is 10.2 Å². The molecule has 0 aliphatic rings. The number of rotatable bonds is 11. The number of nitrogens with one attached hydrogen (secondary N) is 1. The van der Waals surface area contributed by atoms with Gasteiger partial charge in [-0.3, -0.25) is 9.59 Å². The van der Waals surface area contributed by atoms with E-state index in [1.165, 1.54) is 17.3 Å². The summed E-state index contributed by atoms with van der Waals surface area (Å²) in [4.78, 5) is 28.7. The quantitative estimate of drug-likeness (QED) is 0.293. The van der Waals surface area contributed by atoms with Crippen molar-refractivity contribution >= 4 is 46.8 Å². The third-order valence-corrected chi connectivity index (χ3v) is 7.25. The molecule has 3 aromatic rings. The van der Waals surface area contributed by atoms with E-state index in [9.17, 15) is 9.59 Å². The van der Waals surface area contributed by atoms with E-state index in [-0.39, 0.29) is 30.2 Å². The molecular weight excluding hydrogens is 511 g/mol. The Kier molecular flexibility index (Phi) is 10.7. The average molecular weight is 544 g/mol. The summed E-state index contributed by atoms with van der Waals surface area (Å²) < 4.78 is 0. The van der Waals surface area contributed by atoms with Crippen LogP contribution < -0.4 is 5.32 Å². The predicted molar refractivity (Wildman–Crippen MR) is 152 cm³/mol. The van der Waals surface area contributed by atoms with E-state index in [2.05, 4.69) is 36.5 Å². The molecule has 1 atom stereocenters. The van der Waals surface area contributed by atoms with Crippen molar-refractivity contribution in [2.45, 2.75) is 51.6 Å². The molecule has 0 spiro atoms. The van der Waals surface area contributed by atoms with Crippen LogP contribution in [0.15, 0.2) is 72.8 Å². The standard InChI is InChI=1S/C29H32Cl2N2O2S/c1-20(2)32-29(35)27(15-22-7-5-4-6-8-22)33(17-24-13-14-25(30)16-26(24)31)28(34)19-36-18-23-11-9-21(3)10-12-23/h4-14,16,20,27H,15,17-19H2,1-3H3,(H,32,35)/t27-/m1/s1. The smallest absolute Gasteiger partial charge is 0.243 e. The molecule has 1 N–H and O–H groups in total. The number of halogens is 2. The summed E-state index contributed by atoms with van der Waals surface area (Å²) in [7, 11) is 0. The van der Waals surface area contributed by atoms with Gasteiger partial charge in [0.05, 0.1) is 5.75 Å². The van der Waals surface area contributed by atoms with E-state index >= 15 is 0 Å². The first kappa shape index (κ1) is 28.1. The van der Waals surface area contributed by atoms with Gasteiger partial charge in [0, 0.05) is 34.8 Å². The van der Waals surface area contributed by atoms with Gasteiger partial charge < -0.3 is 10.2 Å². The van der Waals surface area contributed by atoms with Gasteiger partial charge in [0.25, 0.3) is 0 Å². The number of carbonyl (C=O) groups excluding carboxylic acids is 2. The van der Waals surface area contributed by atoms with Gasteiger partial charge in [-0.05, 0) is 49.6 Å². The SMILES string of the molecule is Cc1ccc(CSCC(=O)N(Cc2ccc(Cl)cc2Cl)[C@H](Cc2ccccc2)C(=O)NC(C)C)cc1. The van der Waals surface area contributed by atoms with E-state index in [4.69, 9.17) is 23.2 Å². The van der Waals surface area contributed by atoms with Crippen LogP contribution in [-0.2, 0) is 28.3 Å². The first-order valence-electron chi connectivity index (χ1n) is 11.9. The van der Waals surface area contributed by atoms with Gasteiger partial charge in [0.1, 0.15) is 6.04 Å². The molecule has 0 unspecified atom stereocenters. The van der Waals surface area contributed by atoms with Crippen molar-refractivity contribution in [1.29, 1.82) is 0 Å². The van der Waals surface area contributed by atoms with Crippen molar-refractivity contribution in [2.75, 3.05) is 5.75 Å². The van der Waals surface area contributed by atoms with E-state index in [0.29, 0.717) is 22.2 Å². The lowest BCUT2D eigenvalue weighted by Gasteiger charge is -2.32. The van der Waals surface area contributed by atoms with Gasteiger partial charge in [0.2, 0.25) is 11.8 Å². The van der Waals surface area contributed by atoms with E-state index in [0.717, 1.165) is 16.7 Å². The number of nitrogens with zero attached hydrogens (tertiary/aromatic N) is 1. The zero-order valence-electron chi connectivity index (χ0n) is 20.8. The number of aryl methyl sites for hydroxylation is 1. The fourth-order valence-electron chi connectivity index (χ4n) is 3.79. The van der Waals surface area contributed by atoms with Crippen LogP contribution in [0.25, 0.3) is 0 Å². The summed E-state index contributed by atoms with van der Waals surface area (Å²) in [6.45, 7) is 6.09. The lowest BCUT2D eigenvalue weighted by Crippen LogP contribution is -2.52. The molecule has 0 radical (unpaired) electrons. The number of benzene rings is 3. The Morgan fingerprint density at radius 2 is 1.64 bits per heavy atom. The Balaban J connectivity index is 1.87. The number of hydrogen-bond acceptors (Lipinski definition) is 3. The van der Waals surface area contributed by atoms with Crippen LogP contribution in [0.5, 0.6) is 0 Å². The topological polar surface area (TPSA) is 49.4 Å². The summed E-state index contributed by atoms with van der Waals surface area (Å²) in [6.07, 6.45) is 0.402. The number of hydrogen-bond donors (Lipinski definition) is 1. The number of amides is 2. The Bertz CT molecular complexity index is 1150. The van der Waals surface area contributed by atoms with Crippen molar-refractivity contribution in [3.63, 3.8) is 0 Å². The summed E-state index contributed by atoms with van der Waals surface area (Å²) >= 11 is 14.1. The Morgan fingerprint density at radius 1 is 0.944 bits per heavy atom. The molecule has 3 rings (SSSR count). The number of thioether (sulfide) groups is 1. The summed E-state index contributed by atoms with van der Waals surface area (Å²) in [5.74, 6) is 0.663. The lowest BCUT2D eigenvalue weighted by molar-refractivity contribution is -0.139. The molecular formula is C29H32Cl2N2O2S. The summed E-state index contributed by atoms with van der Waals surface area (Å²) in [5, 5.41) is 3.99. The first-order valence-corrected chi connectivity index (χ1v) is 13.8. The summed E-state index contributed by atoms with van der Waals surface area (Å²) in [6, 6.07) is 22.5. The van der Waals surface area contributed by atoms with Crippen LogP contribution >= 0.6 is 35.0 Å². The second-order valence-corrected chi connectivity index (χ2v) is 10.9. The van der Waals surface area contributed by atoms with Crippen LogP contribution in [0.4, 0.5) is 0 Å². The van der Waals surface area contributed by atoms with Crippen LogP contribution in [0.1, 0.15) is 36.1 Å². The van der Waals surface area contributed by atoms with Crippen molar-refractivity contribution in [3.05, 3.63) is 105 Å². The second-order valence-electron chi connectivity index (χ2n) is 9.10. The molecule has 36 heavy (non-hydrogen) atoms. The Morgan fingerprint density at radius 3 is 2.28 bits per heavy atom. The van der Waals surface area contributed by atoms with Gasteiger partial charge in [0.15, 0.2) is 0 Å². The molecule has 0 heterocycles. The van der Waals surface area contributed by atoms with E-state index in [1.807, 2.05) is 50.2 Å². The van der Waals surface area contributed by atoms with Crippen LogP contribution in [-0.4, -0.2) is 34.6 Å². The minimum Gasteiger partial charge on any atom is -0.352 e. The minimum absolute atomic E-state index is 0.0530. The van der Waals surface area contributed by atoms with Crippen LogP contribution in [0.3, 0.4) is 0 Å². The van der Waals surface area contributed by atoms with Crippen molar-refractivity contribution in [3.8, 4) is 0 Å². The largest absolute Gasteiger partial charge is 0.352 e. The van der Waals surface area contributed by atoms with Gasteiger partial charge in [-0.25, -0.2) is 0 Å². The molecule has 0 saturated heterocycles. The maximum absolute atomic E-state index is 13.6. The lowest BCUT2D eigenvalue weighted by atomic mass is 10.0. The zero-order chi connectivity index (χ0) is 26.1. The molecule has 0 fully saturated rings. The highest BCUT2D eigenvalue weighted by atomic mass is 35.5. The monoisotopic (exact) mass is 542 g/mol. The highest BCUT2D eigenvalue weighted by Gasteiger charge is 2.31.